The zero-order valence-corrected chi connectivity index (χ0v) is 11.0. The third kappa shape index (κ3) is 2.36. The van der Waals surface area contributed by atoms with Crippen molar-refractivity contribution >= 4 is 11.9 Å². The maximum absolute atomic E-state index is 11.9. The molecule has 1 aliphatic heterocycles. The van der Waals surface area contributed by atoms with Crippen molar-refractivity contribution in [1.29, 1.82) is 0 Å². The fourth-order valence-electron chi connectivity index (χ4n) is 2.87. The monoisotopic (exact) mass is 254 g/mol. The van der Waals surface area contributed by atoms with E-state index in [1.807, 2.05) is 0 Å². The third-order valence-electron chi connectivity index (χ3n) is 3.94. The molecule has 1 saturated carbocycles. The standard InChI is InChI=1S/C13H22N2O3/c1-2-3-9-18-10-8-15-12(17)14-11(16)13(15)6-4-5-7-13/h2-10H2,1H3,(H,14,16,17). The number of unbranched alkanes of at least 4 members (excludes halogenated alkanes) is 1. The Morgan fingerprint density at radius 2 is 2.00 bits per heavy atom. The number of amides is 3. The normalized spacial score (nSPS) is 21.9. The highest BCUT2D eigenvalue weighted by atomic mass is 16.5. The Balaban J connectivity index is 1.89. The Kier molecular flexibility index (Phi) is 4.22. The molecule has 0 unspecified atom stereocenters. The second kappa shape index (κ2) is 5.69. The van der Waals surface area contributed by atoms with Crippen LogP contribution in [0.2, 0.25) is 0 Å². The Morgan fingerprint density at radius 1 is 1.28 bits per heavy atom. The van der Waals surface area contributed by atoms with Gasteiger partial charge in [-0.2, -0.15) is 0 Å². The van der Waals surface area contributed by atoms with Crippen LogP contribution in [0.5, 0.6) is 0 Å². The minimum absolute atomic E-state index is 0.112. The number of hydrogen-bond acceptors (Lipinski definition) is 3. The second-order valence-electron chi connectivity index (χ2n) is 5.12. The molecule has 2 rings (SSSR count). The third-order valence-corrected chi connectivity index (χ3v) is 3.94. The van der Waals surface area contributed by atoms with Gasteiger partial charge in [-0.05, 0) is 19.3 Å². The molecule has 18 heavy (non-hydrogen) atoms. The lowest BCUT2D eigenvalue weighted by molar-refractivity contribution is -0.126. The zero-order valence-electron chi connectivity index (χ0n) is 11.0. The molecule has 2 aliphatic rings. The SMILES string of the molecule is CCCCOCCN1C(=O)NC(=O)C12CCCC2. The summed E-state index contributed by atoms with van der Waals surface area (Å²) in [6, 6.07) is -0.249. The molecular formula is C13H22N2O3. The van der Waals surface area contributed by atoms with E-state index in [0.717, 1.165) is 45.1 Å². The van der Waals surface area contributed by atoms with E-state index in [1.54, 1.807) is 4.90 Å². The van der Waals surface area contributed by atoms with Crippen LogP contribution < -0.4 is 5.32 Å². The summed E-state index contributed by atoms with van der Waals surface area (Å²) in [6.45, 7) is 3.88. The van der Waals surface area contributed by atoms with Crippen LogP contribution in [0.15, 0.2) is 0 Å². The Hall–Kier alpha value is -1.10. The van der Waals surface area contributed by atoms with Gasteiger partial charge in [0.1, 0.15) is 5.54 Å². The van der Waals surface area contributed by atoms with Crippen molar-refractivity contribution in [3.8, 4) is 0 Å². The summed E-state index contributed by atoms with van der Waals surface area (Å²) in [5, 5.41) is 2.44. The van der Waals surface area contributed by atoms with Gasteiger partial charge in [0.25, 0.3) is 5.91 Å². The molecule has 5 nitrogen and oxygen atoms in total. The topological polar surface area (TPSA) is 58.6 Å². The number of urea groups is 1. The first-order valence-electron chi connectivity index (χ1n) is 6.91. The molecule has 0 bridgehead atoms. The lowest BCUT2D eigenvalue weighted by Crippen LogP contribution is -2.48. The summed E-state index contributed by atoms with van der Waals surface area (Å²) in [5.74, 6) is -0.112. The van der Waals surface area contributed by atoms with E-state index in [9.17, 15) is 9.59 Å². The van der Waals surface area contributed by atoms with Gasteiger partial charge in [-0.1, -0.05) is 26.2 Å². The van der Waals surface area contributed by atoms with Gasteiger partial charge in [0, 0.05) is 13.2 Å². The van der Waals surface area contributed by atoms with Gasteiger partial charge in [-0.15, -0.1) is 0 Å². The van der Waals surface area contributed by atoms with E-state index in [2.05, 4.69) is 12.2 Å². The van der Waals surface area contributed by atoms with Crippen LogP contribution in [0.25, 0.3) is 0 Å². The smallest absolute Gasteiger partial charge is 0.325 e. The van der Waals surface area contributed by atoms with Gasteiger partial charge in [0.15, 0.2) is 0 Å². The van der Waals surface area contributed by atoms with Gasteiger partial charge in [-0.25, -0.2) is 4.79 Å². The quantitative estimate of drug-likeness (QED) is 0.579. The molecule has 3 amide bonds. The first-order chi connectivity index (χ1) is 8.70. The molecule has 5 heteroatoms. The number of imide groups is 1. The molecule has 0 radical (unpaired) electrons. The second-order valence-corrected chi connectivity index (χ2v) is 5.12. The molecule has 1 spiro atoms. The molecule has 0 aromatic heterocycles. The molecule has 0 aromatic rings. The van der Waals surface area contributed by atoms with Crippen LogP contribution in [-0.4, -0.2) is 42.1 Å². The predicted octanol–water partition coefficient (Wildman–Crippen LogP) is 1.67. The van der Waals surface area contributed by atoms with Crippen LogP contribution in [0, 0.1) is 0 Å². The fraction of sp³-hybridized carbons (Fsp3) is 0.846. The molecule has 1 saturated heterocycles. The average molecular weight is 254 g/mol. The Labute approximate surface area is 108 Å². The van der Waals surface area contributed by atoms with Crippen molar-refractivity contribution in [2.75, 3.05) is 19.8 Å². The maximum atomic E-state index is 11.9. The van der Waals surface area contributed by atoms with E-state index in [0.29, 0.717) is 13.2 Å². The lowest BCUT2D eigenvalue weighted by Gasteiger charge is -2.31. The van der Waals surface area contributed by atoms with Crippen LogP contribution >= 0.6 is 0 Å². The van der Waals surface area contributed by atoms with Gasteiger partial charge in [0.2, 0.25) is 0 Å². The highest BCUT2D eigenvalue weighted by Gasteiger charge is 2.53. The van der Waals surface area contributed by atoms with Crippen LogP contribution in [-0.2, 0) is 9.53 Å². The highest BCUT2D eigenvalue weighted by Crippen LogP contribution is 2.38. The first-order valence-corrected chi connectivity index (χ1v) is 6.91. The number of carbonyl (C=O) groups excluding carboxylic acids is 2. The van der Waals surface area contributed by atoms with Crippen LogP contribution in [0.3, 0.4) is 0 Å². The molecule has 0 aromatic carbocycles. The average Bonchev–Trinajstić information content (AvgIpc) is 2.91. The van der Waals surface area contributed by atoms with E-state index in [1.165, 1.54) is 0 Å². The number of carbonyl (C=O) groups is 2. The predicted molar refractivity (Wildman–Crippen MR) is 67.2 cm³/mol. The molecule has 1 N–H and O–H groups in total. The van der Waals surface area contributed by atoms with E-state index >= 15 is 0 Å². The van der Waals surface area contributed by atoms with E-state index in [4.69, 9.17) is 4.74 Å². The zero-order chi connectivity index (χ0) is 13.0. The fourth-order valence-corrected chi connectivity index (χ4v) is 2.87. The van der Waals surface area contributed by atoms with Gasteiger partial charge < -0.3 is 9.64 Å². The first kappa shape index (κ1) is 13.3. The summed E-state index contributed by atoms with van der Waals surface area (Å²) in [5.41, 5.74) is -0.564. The molecule has 102 valence electrons. The summed E-state index contributed by atoms with van der Waals surface area (Å²) in [7, 11) is 0. The van der Waals surface area contributed by atoms with Gasteiger partial charge in [0.05, 0.1) is 6.61 Å². The van der Waals surface area contributed by atoms with Crippen LogP contribution in [0.4, 0.5) is 4.79 Å². The van der Waals surface area contributed by atoms with E-state index < -0.39 is 5.54 Å². The van der Waals surface area contributed by atoms with Crippen molar-refractivity contribution in [1.82, 2.24) is 10.2 Å². The number of nitrogens with zero attached hydrogens (tertiary/aromatic N) is 1. The summed E-state index contributed by atoms with van der Waals surface area (Å²) in [4.78, 5) is 25.4. The lowest BCUT2D eigenvalue weighted by atomic mass is 9.96. The number of ether oxygens (including phenoxy) is 1. The van der Waals surface area contributed by atoms with Crippen molar-refractivity contribution in [3.63, 3.8) is 0 Å². The van der Waals surface area contributed by atoms with Crippen molar-refractivity contribution in [3.05, 3.63) is 0 Å². The number of nitrogens with one attached hydrogen (secondary N) is 1. The minimum Gasteiger partial charge on any atom is -0.380 e. The number of hydrogen-bond donors (Lipinski definition) is 1. The maximum Gasteiger partial charge on any atom is 0.325 e. The summed E-state index contributed by atoms with van der Waals surface area (Å²) >= 11 is 0. The molecule has 2 fully saturated rings. The minimum atomic E-state index is -0.564. The van der Waals surface area contributed by atoms with Crippen molar-refractivity contribution in [2.24, 2.45) is 0 Å². The molecule has 0 atom stereocenters. The van der Waals surface area contributed by atoms with Gasteiger partial charge >= 0.3 is 6.03 Å². The summed E-state index contributed by atoms with van der Waals surface area (Å²) < 4.78 is 5.49. The Morgan fingerprint density at radius 3 is 2.67 bits per heavy atom. The highest BCUT2D eigenvalue weighted by molar-refractivity contribution is 6.07. The van der Waals surface area contributed by atoms with Crippen molar-refractivity contribution < 1.29 is 14.3 Å². The summed E-state index contributed by atoms with van der Waals surface area (Å²) in [6.07, 6.45) is 5.77. The molecule has 1 heterocycles. The molecular weight excluding hydrogens is 232 g/mol. The largest absolute Gasteiger partial charge is 0.380 e. The Bertz CT molecular complexity index is 324. The molecule has 1 aliphatic carbocycles. The number of rotatable bonds is 6. The van der Waals surface area contributed by atoms with E-state index in [-0.39, 0.29) is 11.9 Å². The van der Waals surface area contributed by atoms with Gasteiger partial charge in [-0.3, -0.25) is 10.1 Å². The van der Waals surface area contributed by atoms with Crippen LogP contribution in [0.1, 0.15) is 45.4 Å². The van der Waals surface area contributed by atoms with Crippen molar-refractivity contribution in [2.45, 2.75) is 51.0 Å².